The van der Waals surface area contributed by atoms with Gasteiger partial charge in [0.05, 0.1) is 18.1 Å². The Morgan fingerprint density at radius 3 is 2.83 bits per heavy atom. The van der Waals surface area contributed by atoms with Gasteiger partial charge in [-0.1, -0.05) is 5.16 Å². The first kappa shape index (κ1) is 15.0. The molecule has 1 fully saturated rings. The molecule has 1 saturated heterocycles. The number of furan rings is 1. The number of rotatable bonds is 4. The van der Waals surface area contributed by atoms with Crippen molar-refractivity contribution in [1.29, 1.82) is 0 Å². The van der Waals surface area contributed by atoms with Gasteiger partial charge >= 0.3 is 0 Å². The van der Waals surface area contributed by atoms with Gasteiger partial charge in [-0.05, 0) is 57.1 Å². The molecule has 4 rings (SSSR count). The van der Waals surface area contributed by atoms with Crippen LogP contribution in [0.3, 0.4) is 0 Å². The molecule has 6 heteroatoms. The standard InChI is InChI=1S/C18H19N3O3/c1-20-8-5-13(6-9-20)16-11-23-17-3-2-14(10-15(16)17)21(12-22)18-4-7-19-24-18/h2-4,7,10-13H,5-6,8-9H2,1H3. The Balaban J connectivity index is 1.72. The van der Waals surface area contributed by atoms with Gasteiger partial charge in [-0.2, -0.15) is 0 Å². The van der Waals surface area contributed by atoms with Gasteiger partial charge in [0.1, 0.15) is 5.58 Å². The minimum Gasteiger partial charge on any atom is -0.464 e. The van der Waals surface area contributed by atoms with E-state index in [4.69, 9.17) is 8.94 Å². The summed E-state index contributed by atoms with van der Waals surface area (Å²) in [6.07, 6.45) is 6.36. The van der Waals surface area contributed by atoms with E-state index < -0.39 is 0 Å². The van der Waals surface area contributed by atoms with E-state index in [1.54, 1.807) is 6.07 Å². The topological polar surface area (TPSA) is 62.7 Å². The SMILES string of the molecule is CN1CCC(c2coc3ccc(N(C=O)c4ccno4)cc23)CC1. The third-order valence-electron chi connectivity index (χ3n) is 4.79. The van der Waals surface area contributed by atoms with Crippen molar-refractivity contribution in [3.05, 3.63) is 42.3 Å². The van der Waals surface area contributed by atoms with Crippen molar-refractivity contribution in [1.82, 2.24) is 10.1 Å². The summed E-state index contributed by atoms with van der Waals surface area (Å²) in [5, 5.41) is 4.73. The summed E-state index contributed by atoms with van der Waals surface area (Å²) in [5.74, 6) is 0.890. The van der Waals surface area contributed by atoms with Crippen molar-refractivity contribution < 1.29 is 13.7 Å². The summed E-state index contributed by atoms with van der Waals surface area (Å²) < 4.78 is 10.8. The molecule has 2 aromatic heterocycles. The molecule has 0 aliphatic carbocycles. The number of hydrogen-bond donors (Lipinski definition) is 0. The second-order valence-electron chi connectivity index (χ2n) is 6.28. The maximum atomic E-state index is 11.5. The number of fused-ring (bicyclic) bond motifs is 1. The summed E-state index contributed by atoms with van der Waals surface area (Å²) in [6, 6.07) is 7.40. The molecule has 0 saturated carbocycles. The van der Waals surface area contributed by atoms with E-state index >= 15 is 0 Å². The van der Waals surface area contributed by atoms with E-state index in [1.807, 2.05) is 24.5 Å². The fourth-order valence-corrected chi connectivity index (χ4v) is 3.40. The van der Waals surface area contributed by atoms with Crippen LogP contribution < -0.4 is 4.90 Å². The highest BCUT2D eigenvalue weighted by molar-refractivity contribution is 5.91. The normalized spacial score (nSPS) is 16.5. The number of anilines is 2. The number of aromatic nitrogens is 1. The van der Waals surface area contributed by atoms with Crippen molar-refractivity contribution in [2.45, 2.75) is 18.8 Å². The first-order valence-electron chi connectivity index (χ1n) is 8.11. The second kappa shape index (κ2) is 6.13. The first-order chi connectivity index (χ1) is 11.8. The zero-order chi connectivity index (χ0) is 16.5. The Morgan fingerprint density at radius 2 is 2.12 bits per heavy atom. The highest BCUT2D eigenvalue weighted by Gasteiger charge is 2.23. The summed E-state index contributed by atoms with van der Waals surface area (Å²) in [6.45, 7) is 2.19. The molecule has 0 unspecified atom stereocenters. The van der Waals surface area contributed by atoms with E-state index in [0.29, 0.717) is 11.8 Å². The number of likely N-dealkylation sites (tertiary alicyclic amines) is 1. The Hall–Kier alpha value is -2.60. The van der Waals surface area contributed by atoms with E-state index in [0.717, 1.165) is 49.0 Å². The molecule has 124 valence electrons. The van der Waals surface area contributed by atoms with Crippen LogP contribution in [0.5, 0.6) is 0 Å². The highest BCUT2D eigenvalue weighted by Crippen LogP contribution is 2.36. The summed E-state index contributed by atoms with van der Waals surface area (Å²) >= 11 is 0. The van der Waals surface area contributed by atoms with Crippen LogP contribution in [-0.2, 0) is 4.79 Å². The van der Waals surface area contributed by atoms with Crippen LogP contribution in [0.2, 0.25) is 0 Å². The number of carbonyl (C=O) groups is 1. The molecule has 3 heterocycles. The van der Waals surface area contributed by atoms with Gasteiger partial charge in [-0.25, -0.2) is 0 Å². The number of carbonyl (C=O) groups excluding carboxylic acids is 1. The second-order valence-corrected chi connectivity index (χ2v) is 6.28. The van der Waals surface area contributed by atoms with Gasteiger partial charge in [0.2, 0.25) is 12.3 Å². The van der Waals surface area contributed by atoms with E-state index in [9.17, 15) is 4.79 Å². The third kappa shape index (κ3) is 2.59. The molecule has 0 spiro atoms. The van der Waals surface area contributed by atoms with Crippen LogP contribution in [0.4, 0.5) is 11.6 Å². The summed E-state index contributed by atoms with van der Waals surface area (Å²) in [7, 11) is 2.15. The van der Waals surface area contributed by atoms with Gasteiger partial charge < -0.3 is 13.8 Å². The molecule has 0 N–H and O–H groups in total. The molecule has 24 heavy (non-hydrogen) atoms. The Labute approximate surface area is 139 Å². The molecule has 1 aliphatic heterocycles. The zero-order valence-electron chi connectivity index (χ0n) is 13.5. The van der Waals surface area contributed by atoms with Gasteiger partial charge in [0.15, 0.2) is 0 Å². The van der Waals surface area contributed by atoms with Gasteiger partial charge in [-0.3, -0.25) is 9.69 Å². The van der Waals surface area contributed by atoms with E-state index in [-0.39, 0.29) is 0 Å². The average molecular weight is 325 g/mol. The number of piperidine rings is 1. The smallest absolute Gasteiger partial charge is 0.238 e. The largest absolute Gasteiger partial charge is 0.464 e. The quantitative estimate of drug-likeness (QED) is 0.687. The van der Waals surface area contributed by atoms with Crippen LogP contribution in [-0.4, -0.2) is 36.6 Å². The molecule has 1 aromatic carbocycles. The molecule has 1 amide bonds. The molecule has 0 bridgehead atoms. The predicted molar refractivity (Wildman–Crippen MR) is 90.4 cm³/mol. The first-order valence-corrected chi connectivity index (χ1v) is 8.11. The van der Waals surface area contributed by atoms with Gasteiger partial charge in [0.25, 0.3) is 0 Å². The zero-order valence-corrected chi connectivity index (χ0v) is 13.5. The number of hydrogen-bond acceptors (Lipinski definition) is 5. The molecule has 0 radical (unpaired) electrons. The van der Waals surface area contributed by atoms with Crippen molar-refractivity contribution >= 4 is 29.0 Å². The lowest BCUT2D eigenvalue weighted by Gasteiger charge is -2.28. The fourth-order valence-electron chi connectivity index (χ4n) is 3.40. The van der Waals surface area contributed by atoms with Crippen molar-refractivity contribution in [2.24, 2.45) is 0 Å². The molecular weight excluding hydrogens is 306 g/mol. The maximum absolute atomic E-state index is 11.5. The Morgan fingerprint density at radius 1 is 1.29 bits per heavy atom. The lowest BCUT2D eigenvalue weighted by atomic mass is 9.89. The Kier molecular flexibility index (Phi) is 3.82. The minimum absolute atomic E-state index is 0.397. The number of amides is 1. The fraction of sp³-hybridized carbons (Fsp3) is 0.333. The maximum Gasteiger partial charge on any atom is 0.238 e. The number of nitrogens with zero attached hydrogens (tertiary/aromatic N) is 3. The van der Waals surface area contributed by atoms with Crippen molar-refractivity contribution in [2.75, 3.05) is 25.0 Å². The minimum atomic E-state index is 0.397. The van der Waals surface area contributed by atoms with E-state index in [2.05, 4.69) is 17.1 Å². The third-order valence-corrected chi connectivity index (χ3v) is 4.79. The molecule has 1 aliphatic rings. The van der Waals surface area contributed by atoms with Crippen LogP contribution in [0, 0.1) is 0 Å². The molecule has 0 atom stereocenters. The monoisotopic (exact) mass is 325 g/mol. The number of benzene rings is 1. The summed E-state index contributed by atoms with van der Waals surface area (Å²) in [4.78, 5) is 15.3. The van der Waals surface area contributed by atoms with E-state index in [1.165, 1.54) is 16.7 Å². The Bertz CT molecular complexity index is 832. The average Bonchev–Trinajstić information content (AvgIpc) is 3.26. The molecular formula is C18H19N3O3. The van der Waals surface area contributed by atoms with Crippen LogP contribution in [0.1, 0.15) is 24.3 Å². The van der Waals surface area contributed by atoms with Gasteiger partial charge in [0, 0.05) is 17.0 Å². The summed E-state index contributed by atoms with van der Waals surface area (Å²) in [5.41, 5.74) is 2.81. The van der Waals surface area contributed by atoms with Crippen LogP contribution in [0.15, 0.2) is 45.7 Å². The van der Waals surface area contributed by atoms with Gasteiger partial charge in [-0.15, -0.1) is 0 Å². The lowest BCUT2D eigenvalue weighted by molar-refractivity contribution is -0.107. The predicted octanol–water partition coefficient (Wildman–Crippen LogP) is 3.52. The van der Waals surface area contributed by atoms with Crippen molar-refractivity contribution in [3.63, 3.8) is 0 Å². The highest BCUT2D eigenvalue weighted by atomic mass is 16.5. The lowest BCUT2D eigenvalue weighted by Crippen LogP contribution is -2.29. The molecule has 3 aromatic rings. The van der Waals surface area contributed by atoms with Crippen molar-refractivity contribution in [3.8, 4) is 0 Å². The van der Waals surface area contributed by atoms with Crippen LogP contribution >= 0.6 is 0 Å². The van der Waals surface area contributed by atoms with Crippen LogP contribution in [0.25, 0.3) is 11.0 Å². The molecule has 6 nitrogen and oxygen atoms in total.